The fourth-order valence-electron chi connectivity index (χ4n) is 1.52. The Hall–Kier alpha value is -2.97. The number of benzene rings is 1. The lowest BCUT2D eigenvalue weighted by Crippen LogP contribution is -2.24. The number of anilines is 1. The van der Waals surface area contributed by atoms with Crippen LogP contribution in [0.2, 0.25) is 0 Å². The Balaban J connectivity index is 1.76. The number of para-hydroxylation sites is 1. The molecule has 0 saturated carbocycles. The summed E-state index contributed by atoms with van der Waals surface area (Å²) >= 11 is 0. The van der Waals surface area contributed by atoms with Crippen molar-refractivity contribution >= 4 is 17.6 Å². The van der Waals surface area contributed by atoms with Gasteiger partial charge in [0.15, 0.2) is 13.2 Å². The van der Waals surface area contributed by atoms with Crippen molar-refractivity contribution in [1.29, 1.82) is 0 Å². The van der Waals surface area contributed by atoms with Crippen molar-refractivity contribution in [3.8, 4) is 5.88 Å². The zero-order chi connectivity index (χ0) is 16.8. The van der Waals surface area contributed by atoms with Crippen molar-refractivity contribution in [3.63, 3.8) is 0 Å². The van der Waals surface area contributed by atoms with Crippen molar-refractivity contribution in [1.82, 2.24) is 5.16 Å². The molecule has 0 fully saturated rings. The van der Waals surface area contributed by atoms with Gasteiger partial charge in [0.2, 0.25) is 0 Å². The predicted molar refractivity (Wildman–Crippen MR) is 72.7 cm³/mol. The second-order valence-corrected chi connectivity index (χ2v) is 4.37. The van der Waals surface area contributed by atoms with E-state index in [0.717, 1.165) is 18.2 Å². The summed E-state index contributed by atoms with van der Waals surface area (Å²) in [6.07, 6.45) is 0. The minimum absolute atomic E-state index is 0.0947. The molecule has 1 amide bonds. The van der Waals surface area contributed by atoms with Crippen LogP contribution in [0.1, 0.15) is 5.76 Å². The average Bonchev–Trinajstić information content (AvgIpc) is 2.92. The third-order valence-electron chi connectivity index (χ3n) is 2.54. The maximum atomic E-state index is 13.3. The lowest BCUT2D eigenvalue weighted by molar-refractivity contribution is -0.149. The van der Waals surface area contributed by atoms with E-state index in [1.165, 1.54) is 6.07 Å². The number of rotatable bonds is 6. The number of hydrogen-bond acceptors (Lipinski definition) is 6. The molecule has 0 unspecified atom stereocenters. The van der Waals surface area contributed by atoms with Gasteiger partial charge >= 0.3 is 5.97 Å². The highest BCUT2D eigenvalue weighted by Gasteiger charge is 2.14. The Morgan fingerprint density at radius 1 is 1.26 bits per heavy atom. The molecule has 7 nitrogen and oxygen atoms in total. The van der Waals surface area contributed by atoms with Gasteiger partial charge in [0.1, 0.15) is 23.1 Å². The van der Waals surface area contributed by atoms with E-state index in [1.807, 2.05) is 5.32 Å². The van der Waals surface area contributed by atoms with Crippen molar-refractivity contribution in [2.45, 2.75) is 6.92 Å². The lowest BCUT2D eigenvalue weighted by Gasteiger charge is -2.08. The summed E-state index contributed by atoms with van der Waals surface area (Å²) in [4.78, 5) is 22.9. The summed E-state index contributed by atoms with van der Waals surface area (Å²) in [6.45, 7) is 0.436. The van der Waals surface area contributed by atoms with Crippen LogP contribution < -0.4 is 10.1 Å². The molecule has 0 atom stereocenters. The lowest BCUT2D eigenvalue weighted by atomic mass is 10.3. The van der Waals surface area contributed by atoms with Crippen LogP contribution in [-0.2, 0) is 14.3 Å². The fourth-order valence-corrected chi connectivity index (χ4v) is 1.52. The molecule has 1 aromatic carbocycles. The molecule has 0 aliphatic rings. The highest BCUT2D eigenvalue weighted by Crippen LogP contribution is 2.17. The van der Waals surface area contributed by atoms with E-state index in [9.17, 15) is 18.4 Å². The molecule has 1 heterocycles. The van der Waals surface area contributed by atoms with E-state index in [-0.39, 0.29) is 5.88 Å². The third kappa shape index (κ3) is 4.77. The van der Waals surface area contributed by atoms with Gasteiger partial charge in [0.25, 0.3) is 11.8 Å². The second-order valence-electron chi connectivity index (χ2n) is 4.37. The maximum Gasteiger partial charge on any atom is 0.344 e. The number of esters is 1. The topological polar surface area (TPSA) is 90.7 Å². The van der Waals surface area contributed by atoms with E-state index in [0.29, 0.717) is 5.76 Å². The molecule has 1 aromatic heterocycles. The van der Waals surface area contributed by atoms with Crippen molar-refractivity contribution < 1.29 is 32.4 Å². The number of nitrogens with one attached hydrogen (secondary N) is 1. The van der Waals surface area contributed by atoms with Crippen molar-refractivity contribution in [2.24, 2.45) is 0 Å². The normalized spacial score (nSPS) is 10.2. The van der Waals surface area contributed by atoms with Gasteiger partial charge in [-0.1, -0.05) is 6.07 Å². The van der Waals surface area contributed by atoms with Gasteiger partial charge in [-0.25, -0.2) is 13.6 Å². The molecule has 1 N–H and O–H groups in total. The fraction of sp³-hybridized carbons (Fsp3) is 0.214. The number of halogens is 2. The molecule has 0 radical (unpaired) electrons. The molecule has 9 heteroatoms. The zero-order valence-electron chi connectivity index (χ0n) is 12.0. The van der Waals surface area contributed by atoms with Crippen LogP contribution in [0.3, 0.4) is 0 Å². The monoisotopic (exact) mass is 326 g/mol. The maximum absolute atomic E-state index is 13.3. The summed E-state index contributed by atoms with van der Waals surface area (Å²) in [7, 11) is 0. The first-order valence-corrected chi connectivity index (χ1v) is 6.41. The predicted octanol–water partition coefficient (Wildman–Crippen LogP) is 1.82. The van der Waals surface area contributed by atoms with Gasteiger partial charge < -0.3 is 19.3 Å². The van der Waals surface area contributed by atoms with Crippen molar-refractivity contribution in [2.75, 3.05) is 18.5 Å². The standard InChI is InChI=1S/C14H12F2N2O5/c1-8-5-12(18-23-8)21-7-13(20)22-6-11(19)17-14-9(15)3-2-4-10(14)16/h2-5H,6-7H2,1H3,(H,17,19). The van der Waals surface area contributed by atoms with Crippen molar-refractivity contribution in [3.05, 3.63) is 41.7 Å². The minimum Gasteiger partial charge on any atom is -0.463 e. The third-order valence-corrected chi connectivity index (χ3v) is 2.54. The molecule has 2 rings (SSSR count). The number of aryl methyl sites for hydroxylation is 1. The Morgan fingerprint density at radius 2 is 1.96 bits per heavy atom. The Kier molecular flexibility index (Phi) is 5.23. The number of nitrogens with zero attached hydrogens (tertiary/aromatic N) is 1. The number of carbonyl (C=O) groups is 2. The molecular weight excluding hydrogens is 314 g/mol. The number of aromatic nitrogens is 1. The first-order chi connectivity index (χ1) is 11.0. The number of amides is 1. The molecular formula is C14H12F2N2O5. The van der Waals surface area contributed by atoms with Crippen LogP contribution in [0.5, 0.6) is 5.88 Å². The zero-order valence-corrected chi connectivity index (χ0v) is 12.0. The van der Waals surface area contributed by atoms with Gasteiger partial charge in [0, 0.05) is 6.07 Å². The van der Waals surface area contributed by atoms with Crippen LogP contribution >= 0.6 is 0 Å². The molecule has 122 valence electrons. The summed E-state index contributed by atoms with van der Waals surface area (Å²) in [5.74, 6) is -3.02. The average molecular weight is 326 g/mol. The highest BCUT2D eigenvalue weighted by molar-refractivity contribution is 5.93. The Labute approximate surface area is 129 Å². The van der Waals surface area contributed by atoms with Gasteiger partial charge in [-0.3, -0.25) is 4.79 Å². The molecule has 23 heavy (non-hydrogen) atoms. The molecule has 0 bridgehead atoms. The largest absolute Gasteiger partial charge is 0.463 e. The summed E-state index contributed by atoms with van der Waals surface area (Å²) in [5, 5.41) is 5.47. The minimum atomic E-state index is -0.936. The number of hydrogen-bond donors (Lipinski definition) is 1. The van der Waals surface area contributed by atoms with E-state index < -0.39 is 42.4 Å². The van der Waals surface area contributed by atoms with Crippen LogP contribution in [0, 0.1) is 18.6 Å². The van der Waals surface area contributed by atoms with Crippen LogP contribution in [-0.4, -0.2) is 30.2 Å². The molecule has 0 aliphatic carbocycles. The number of ether oxygens (including phenoxy) is 2. The highest BCUT2D eigenvalue weighted by atomic mass is 19.1. The SMILES string of the molecule is Cc1cc(OCC(=O)OCC(=O)Nc2c(F)cccc2F)no1. The molecule has 2 aromatic rings. The van der Waals surface area contributed by atoms with E-state index in [4.69, 9.17) is 9.26 Å². The van der Waals surface area contributed by atoms with E-state index in [2.05, 4.69) is 9.89 Å². The Bertz CT molecular complexity index is 697. The Morgan fingerprint density at radius 3 is 2.57 bits per heavy atom. The molecule has 0 saturated heterocycles. The van der Waals surface area contributed by atoms with E-state index >= 15 is 0 Å². The van der Waals surface area contributed by atoms with Crippen LogP contribution in [0.15, 0.2) is 28.8 Å². The van der Waals surface area contributed by atoms with Gasteiger partial charge in [-0.05, 0) is 24.2 Å². The first-order valence-electron chi connectivity index (χ1n) is 6.41. The number of carbonyl (C=O) groups excluding carboxylic acids is 2. The summed E-state index contributed by atoms with van der Waals surface area (Å²) in [5.41, 5.74) is -0.608. The summed E-state index contributed by atoms with van der Waals surface area (Å²) < 4.78 is 40.9. The smallest absolute Gasteiger partial charge is 0.344 e. The molecule has 0 aliphatic heterocycles. The van der Waals surface area contributed by atoms with Gasteiger partial charge in [-0.15, -0.1) is 0 Å². The van der Waals surface area contributed by atoms with Crippen LogP contribution in [0.4, 0.5) is 14.5 Å². The van der Waals surface area contributed by atoms with Crippen LogP contribution in [0.25, 0.3) is 0 Å². The summed E-state index contributed by atoms with van der Waals surface area (Å²) in [6, 6.07) is 4.58. The van der Waals surface area contributed by atoms with Gasteiger partial charge in [0.05, 0.1) is 0 Å². The molecule has 0 spiro atoms. The second kappa shape index (κ2) is 7.34. The first kappa shape index (κ1) is 16.4. The van der Waals surface area contributed by atoms with Gasteiger partial charge in [-0.2, -0.15) is 0 Å². The van der Waals surface area contributed by atoms with E-state index in [1.54, 1.807) is 6.92 Å². The quantitative estimate of drug-likeness (QED) is 0.814.